The van der Waals surface area contributed by atoms with Crippen LogP contribution in [0, 0.1) is 5.92 Å². The highest BCUT2D eigenvalue weighted by Gasteiger charge is 2.47. The summed E-state index contributed by atoms with van der Waals surface area (Å²) in [6.07, 6.45) is 4.87. The molecule has 0 unspecified atom stereocenters. The molecule has 1 saturated carbocycles. The molecule has 1 saturated heterocycles. The van der Waals surface area contributed by atoms with Gasteiger partial charge in [0.05, 0.1) is 0 Å². The maximum absolute atomic E-state index is 12.2. The Morgan fingerprint density at radius 1 is 1.06 bits per heavy atom. The van der Waals surface area contributed by atoms with Crippen LogP contribution in [0.3, 0.4) is 0 Å². The highest BCUT2D eigenvalue weighted by atomic mass is 16.2. The summed E-state index contributed by atoms with van der Waals surface area (Å²) in [4.78, 5) is 38.2. The van der Waals surface area contributed by atoms with Gasteiger partial charge >= 0.3 is 17.8 Å². The quantitative estimate of drug-likeness (QED) is 0.568. The van der Waals surface area contributed by atoms with Crippen LogP contribution in [0.25, 0.3) is 0 Å². The van der Waals surface area contributed by atoms with Crippen molar-refractivity contribution in [1.82, 2.24) is 9.80 Å². The molecule has 0 spiro atoms. The number of nitrogens with zero attached hydrogens (tertiary/aromatic N) is 2. The van der Waals surface area contributed by atoms with E-state index in [-0.39, 0.29) is 12.0 Å². The van der Waals surface area contributed by atoms with Crippen molar-refractivity contribution in [3.8, 4) is 0 Å². The van der Waals surface area contributed by atoms with Crippen LogP contribution in [-0.2, 0) is 9.59 Å². The van der Waals surface area contributed by atoms with Gasteiger partial charge in [-0.2, -0.15) is 0 Å². The van der Waals surface area contributed by atoms with Crippen LogP contribution in [0.1, 0.15) is 46.0 Å². The molecular weight excluding hydrogens is 232 g/mol. The van der Waals surface area contributed by atoms with Gasteiger partial charge in [-0.25, -0.2) is 4.79 Å². The van der Waals surface area contributed by atoms with Crippen molar-refractivity contribution in [2.24, 2.45) is 5.92 Å². The Labute approximate surface area is 107 Å². The van der Waals surface area contributed by atoms with E-state index < -0.39 is 17.8 Å². The zero-order valence-electron chi connectivity index (χ0n) is 11.0. The average molecular weight is 252 g/mol. The van der Waals surface area contributed by atoms with Gasteiger partial charge in [0.2, 0.25) is 0 Å². The molecule has 0 atom stereocenters. The van der Waals surface area contributed by atoms with E-state index in [1.165, 1.54) is 4.90 Å². The molecule has 5 heteroatoms. The van der Waals surface area contributed by atoms with E-state index in [1.54, 1.807) is 0 Å². The van der Waals surface area contributed by atoms with Crippen LogP contribution < -0.4 is 0 Å². The number of rotatable bonds is 3. The largest absolute Gasteiger partial charge is 0.334 e. The minimum Gasteiger partial charge on any atom is -0.263 e. The second-order valence-electron chi connectivity index (χ2n) is 5.56. The van der Waals surface area contributed by atoms with E-state index >= 15 is 0 Å². The van der Waals surface area contributed by atoms with Crippen molar-refractivity contribution in [3.63, 3.8) is 0 Å². The molecule has 5 nitrogen and oxygen atoms in total. The van der Waals surface area contributed by atoms with Gasteiger partial charge in [0.1, 0.15) is 0 Å². The maximum Gasteiger partial charge on any atom is 0.334 e. The summed E-state index contributed by atoms with van der Waals surface area (Å²) in [6.45, 7) is 4.18. The smallest absolute Gasteiger partial charge is 0.263 e. The minimum atomic E-state index is -0.653. The molecule has 0 aromatic rings. The normalized spacial score (nSPS) is 22.5. The van der Waals surface area contributed by atoms with E-state index in [1.807, 2.05) is 13.8 Å². The van der Waals surface area contributed by atoms with Gasteiger partial charge < -0.3 is 0 Å². The third-order valence-corrected chi connectivity index (χ3v) is 3.57. The van der Waals surface area contributed by atoms with Crippen molar-refractivity contribution < 1.29 is 14.4 Å². The predicted octanol–water partition coefficient (Wildman–Crippen LogP) is 1.77. The number of imide groups is 2. The number of carbonyl (C=O) groups excluding carboxylic acids is 3. The van der Waals surface area contributed by atoms with Crippen LogP contribution in [0.4, 0.5) is 4.79 Å². The second kappa shape index (κ2) is 5.08. The van der Waals surface area contributed by atoms with E-state index in [4.69, 9.17) is 0 Å². The fourth-order valence-corrected chi connectivity index (χ4v) is 2.71. The molecule has 18 heavy (non-hydrogen) atoms. The van der Waals surface area contributed by atoms with Gasteiger partial charge in [-0.15, -0.1) is 0 Å². The number of hydrogen-bond donors (Lipinski definition) is 0. The van der Waals surface area contributed by atoms with Gasteiger partial charge in [-0.3, -0.25) is 19.4 Å². The molecule has 0 radical (unpaired) electrons. The Balaban J connectivity index is 2.14. The number of carbonyl (C=O) groups is 3. The first kappa shape index (κ1) is 13.1. The van der Waals surface area contributed by atoms with Crippen molar-refractivity contribution >= 4 is 17.8 Å². The standard InChI is InChI=1S/C13H20N2O3/c1-9(2)8-14-11(16)12(17)15(13(14)18)10-6-4-3-5-7-10/h9-10H,3-8H2,1-2H3. The van der Waals surface area contributed by atoms with E-state index in [0.717, 1.165) is 37.0 Å². The summed E-state index contributed by atoms with van der Waals surface area (Å²) in [5, 5.41) is 0. The lowest BCUT2D eigenvalue weighted by atomic mass is 9.94. The molecule has 0 aromatic heterocycles. The zero-order chi connectivity index (χ0) is 13.3. The van der Waals surface area contributed by atoms with Gasteiger partial charge in [0, 0.05) is 12.6 Å². The second-order valence-corrected chi connectivity index (χ2v) is 5.56. The van der Waals surface area contributed by atoms with E-state index in [0.29, 0.717) is 6.54 Å². The SMILES string of the molecule is CC(C)CN1C(=O)C(=O)N(C2CCCCC2)C1=O. The molecular formula is C13H20N2O3. The predicted molar refractivity (Wildman–Crippen MR) is 65.7 cm³/mol. The maximum atomic E-state index is 12.2. The molecule has 4 amide bonds. The molecule has 2 aliphatic rings. The fraction of sp³-hybridized carbons (Fsp3) is 0.769. The highest BCUT2D eigenvalue weighted by molar-refractivity contribution is 6.44. The summed E-state index contributed by atoms with van der Waals surface area (Å²) >= 11 is 0. The first-order valence-electron chi connectivity index (χ1n) is 6.71. The zero-order valence-corrected chi connectivity index (χ0v) is 11.0. The van der Waals surface area contributed by atoms with Crippen LogP contribution in [0.2, 0.25) is 0 Å². The molecule has 1 aliphatic heterocycles. The van der Waals surface area contributed by atoms with Crippen LogP contribution >= 0.6 is 0 Å². The Morgan fingerprint density at radius 2 is 1.67 bits per heavy atom. The van der Waals surface area contributed by atoms with Crippen molar-refractivity contribution in [2.75, 3.05) is 6.54 Å². The number of urea groups is 1. The average Bonchev–Trinajstić information content (AvgIpc) is 2.54. The fourth-order valence-electron chi connectivity index (χ4n) is 2.71. The Kier molecular flexibility index (Phi) is 3.68. The summed E-state index contributed by atoms with van der Waals surface area (Å²) in [6, 6.07) is -0.481. The van der Waals surface area contributed by atoms with Crippen LogP contribution in [0.5, 0.6) is 0 Å². The lowest BCUT2D eigenvalue weighted by Gasteiger charge is -2.28. The molecule has 2 rings (SSSR count). The van der Waals surface area contributed by atoms with E-state index in [9.17, 15) is 14.4 Å². The first-order valence-corrected chi connectivity index (χ1v) is 6.71. The monoisotopic (exact) mass is 252 g/mol. The van der Waals surface area contributed by atoms with Gasteiger partial charge in [0.15, 0.2) is 0 Å². The summed E-state index contributed by atoms with van der Waals surface area (Å²) in [5.41, 5.74) is 0. The first-order chi connectivity index (χ1) is 8.52. The van der Waals surface area contributed by atoms with Gasteiger partial charge in [0.25, 0.3) is 0 Å². The number of amides is 4. The van der Waals surface area contributed by atoms with Gasteiger partial charge in [-0.1, -0.05) is 33.1 Å². The van der Waals surface area contributed by atoms with Gasteiger partial charge in [-0.05, 0) is 18.8 Å². The van der Waals surface area contributed by atoms with Crippen molar-refractivity contribution in [3.05, 3.63) is 0 Å². The van der Waals surface area contributed by atoms with Crippen molar-refractivity contribution in [2.45, 2.75) is 52.0 Å². The summed E-state index contributed by atoms with van der Waals surface area (Å²) in [7, 11) is 0. The van der Waals surface area contributed by atoms with Crippen LogP contribution in [0.15, 0.2) is 0 Å². The molecule has 0 bridgehead atoms. The number of hydrogen-bond acceptors (Lipinski definition) is 3. The highest BCUT2D eigenvalue weighted by Crippen LogP contribution is 2.27. The van der Waals surface area contributed by atoms with Crippen LogP contribution in [-0.4, -0.2) is 40.2 Å². The molecule has 100 valence electrons. The Hall–Kier alpha value is -1.39. The lowest BCUT2D eigenvalue weighted by molar-refractivity contribution is -0.144. The third-order valence-electron chi connectivity index (χ3n) is 3.57. The molecule has 0 aromatic carbocycles. The lowest BCUT2D eigenvalue weighted by Crippen LogP contribution is -2.42. The molecule has 1 aliphatic carbocycles. The Bertz CT molecular complexity index is 372. The molecule has 1 heterocycles. The molecule has 0 N–H and O–H groups in total. The summed E-state index contributed by atoms with van der Waals surface area (Å²) < 4.78 is 0. The van der Waals surface area contributed by atoms with E-state index in [2.05, 4.69) is 0 Å². The third kappa shape index (κ3) is 2.26. The topological polar surface area (TPSA) is 57.7 Å². The molecule has 2 fully saturated rings. The summed E-state index contributed by atoms with van der Waals surface area (Å²) in [5.74, 6) is -1.11. The van der Waals surface area contributed by atoms with Crippen molar-refractivity contribution in [1.29, 1.82) is 0 Å². The Morgan fingerprint density at radius 3 is 2.22 bits per heavy atom. The minimum absolute atomic E-state index is 0.0696.